The number of benzene rings is 3. The van der Waals surface area contributed by atoms with Crippen LogP contribution in [-0.4, -0.2) is 52.5 Å². The van der Waals surface area contributed by atoms with Crippen LogP contribution in [0.3, 0.4) is 0 Å². The molecule has 1 N–H and O–H groups in total. The molecule has 0 fully saturated rings. The number of carbonyl (C=O) groups is 1. The standard InChI is InChI=1S/C26H21N3O7S/c1-32-20-10-17-22(25(34-3)24(20)33-2)21(14-5-7-18-19(9-14)36-12-35-18)23(26(30)31)29(17)11-13-4-6-15-16(8-13)28-37-27-15/h4-10H,11-12H2,1-3H3,(H,30,31). The number of hydrogen-bond donors (Lipinski definition) is 1. The van der Waals surface area contributed by atoms with Crippen LogP contribution in [-0.2, 0) is 6.54 Å². The summed E-state index contributed by atoms with van der Waals surface area (Å²) in [5, 5.41) is 11.1. The van der Waals surface area contributed by atoms with Gasteiger partial charge in [-0.1, -0.05) is 12.1 Å². The SMILES string of the molecule is COc1cc2c(c(OC)c1OC)c(-c1ccc3c(c1)OCO3)c(C(=O)O)n2Cc1ccc2nsnc2c1. The van der Waals surface area contributed by atoms with Gasteiger partial charge in [-0.3, -0.25) is 0 Å². The Morgan fingerprint density at radius 3 is 2.51 bits per heavy atom. The number of ether oxygens (including phenoxy) is 5. The fourth-order valence-electron chi connectivity index (χ4n) is 4.80. The maximum atomic E-state index is 12.9. The molecule has 1 aliphatic rings. The second-order valence-corrected chi connectivity index (χ2v) is 8.84. The molecule has 2 aromatic heterocycles. The van der Waals surface area contributed by atoms with Gasteiger partial charge in [0, 0.05) is 18.2 Å². The molecule has 0 bridgehead atoms. The van der Waals surface area contributed by atoms with Gasteiger partial charge >= 0.3 is 5.97 Å². The van der Waals surface area contributed by atoms with Crippen molar-refractivity contribution in [3.05, 3.63) is 53.7 Å². The number of rotatable bonds is 7. The first-order valence-electron chi connectivity index (χ1n) is 11.2. The zero-order chi connectivity index (χ0) is 25.7. The molecule has 5 aromatic rings. The predicted octanol–water partition coefficient (Wildman–Crippen LogP) is 4.81. The smallest absolute Gasteiger partial charge is 0.353 e. The normalized spacial score (nSPS) is 12.3. The van der Waals surface area contributed by atoms with Crippen LogP contribution in [0.4, 0.5) is 0 Å². The minimum absolute atomic E-state index is 0.0824. The predicted molar refractivity (Wildman–Crippen MR) is 137 cm³/mol. The lowest BCUT2D eigenvalue weighted by atomic mass is 10.00. The van der Waals surface area contributed by atoms with E-state index in [1.54, 1.807) is 22.8 Å². The van der Waals surface area contributed by atoms with Crippen molar-refractivity contribution >= 4 is 39.6 Å². The van der Waals surface area contributed by atoms with Gasteiger partial charge in [0.05, 0.1) is 44.0 Å². The zero-order valence-electron chi connectivity index (χ0n) is 20.1. The van der Waals surface area contributed by atoms with Crippen LogP contribution in [0.1, 0.15) is 16.1 Å². The molecule has 3 heterocycles. The summed E-state index contributed by atoms with van der Waals surface area (Å²) in [4.78, 5) is 12.9. The van der Waals surface area contributed by atoms with E-state index in [0.717, 1.165) is 28.3 Å². The third kappa shape index (κ3) is 3.58. The van der Waals surface area contributed by atoms with Crippen molar-refractivity contribution in [2.45, 2.75) is 6.54 Å². The highest BCUT2D eigenvalue weighted by Crippen LogP contribution is 2.50. The van der Waals surface area contributed by atoms with Crippen molar-refractivity contribution in [1.82, 2.24) is 13.3 Å². The topological polar surface area (TPSA) is 114 Å². The van der Waals surface area contributed by atoms with E-state index >= 15 is 0 Å². The lowest BCUT2D eigenvalue weighted by Crippen LogP contribution is -2.10. The average Bonchev–Trinajstić information content (AvgIpc) is 3.64. The molecule has 37 heavy (non-hydrogen) atoms. The van der Waals surface area contributed by atoms with Crippen LogP contribution < -0.4 is 23.7 Å². The summed E-state index contributed by atoms with van der Waals surface area (Å²) in [5.41, 5.74) is 4.20. The van der Waals surface area contributed by atoms with E-state index in [1.165, 1.54) is 21.3 Å². The van der Waals surface area contributed by atoms with Crippen LogP contribution in [0.2, 0.25) is 0 Å². The monoisotopic (exact) mass is 519 g/mol. The number of aromatic carboxylic acids is 1. The van der Waals surface area contributed by atoms with Gasteiger partial charge in [-0.15, -0.1) is 0 Å². The van der Waals surface area contributed by atoms with Gasteiger partial charge in [-0.25, -0.2) is 4.79 Å². The van der Waals surface area contributed by atoms with Crippen molar-refractivity contribution in [2.75, 3.05) is 28.1 Å². The molecule has 0 unspecified atom stereocenters. The number of carboxylic acids is 1. The fraction of sp³-hybridized carbons (Fsp3) is 0.192. The first-order chi connectivity index (χ1) is 18.0. The summed E-state index contributed by atoms with van der Waals surface area (Å²) in [6.45, 7) is 0.365. The van der Waals surface area contributed by atoms with Crippen molar-refractivity contribution < 1.29 is 33.6 Å². The van der Waals surface area contributed by atoms with E-state index in [0.29, 0.717) is 50.8 Å². The van der Waals surface area contributed by atoms with Gasteiger partial charge in [0.1, 0.15) is 16.7 Å². The molecule has 3 aromatic carbocycles. The van der Waals surface area contributed by atoms with Crippen LogP contribution in [0.25, 0.3) is 33.1 Å². The highest BCUT2D eigenvalue weighted by atomic mass is 32.1. The Kier molecular flexibility index (Phi) is 5.49. The second kappa shape index (κ2) is 8.86. The highest BCUT2D eigenvalue weighted by molar-refractivity contribution is 7.00. The molecule has 6 rings (SSSR count). The molecular weight excluding hydrogens is 498 g/mol. The number of fused-ring (bicyclic) bond motifs is 3. The van der Waals surface area contributed by atoms with Crippen LogP contribution in [0, 0.1) is 0 Å². The molecule has 11 heteroatoms. The van der Waals surface area contributed by atoms with Crippen molar-refractivity contribution in [3.63, 3.8) is 0 Å². The Morgan fingerprint density at radius 1 is 0.973 bits per heavy atom. The number of hydrogen-bond acceptors (Lipinski definition) is 9. The Hall–Kier alpha value is -4.51. The molecule has 10 nitrogen and oxygen atoms in total. The highest BCUT2D eigenvalue weighted by Gasteiger charge is 2.30. The average molecular weight is 520 g/mol. The third-order valence-electron chi connectivity index (χ3n) is 6.38. The molecule has 188 valence electrons. The van der Waals surface area contributed by atoms with Gasteiger partial charge in [0.2, 0.25) is 12.5 Å². The number of carboxylic acid groups (broad SMARTS) is 1. The largest absolute Gasteiger partial charge is 0.493 e. The Balaban J connectivity index is 1.69. The van der Waals surface area contributed by atoms with Crippen molar-refractivity contribution in [2.24, 2.45) is 0 Å². The van der Waals surface area contributed by atoms with Gasteiger partial charge in [-0.2, -0.15) is 8.75 Å². The van der Waals surface area contributed by atoms with E-state index in [-0.39, 0.29) is 19.0 Å². The van der Waals surface area contributed by atoms with Crippen molar-refractivity contribution in [1.29, 1.82) is 0 Å². The number of aromatic nitrogens is 3. The quantitative estimate of drug-likeness (QED) is 0.323. The third-order valence-corrected chi connectivity index (χ3v) is 6.94. The van der Waals surface area contributed by atoms with E-state index in [2.05, 4.69) is 8.75 Å². The molecule has 0 amide bonds. The van der Waals surface area contributed by atoms with Gasteiger partial charge in [0.25, 0.3) is 0 Å². The molecular formula is C26H21N3O7S. The Bertz CT molecular complexity index is 1690. The van der Waals surface area contributed by atoms with Crippen LogP contribution >= 0.6 is 11.7 Å². The summed E-state index contributed by atoms with van der Waals surface area (Å²) in [5.74, 6) is 1.18. The molecule has 0 radical (unpaired) electrons. The van der Waals surface area contributed by atoms with Crippen LogP contribution in [0.5, 0.6) is 28.7 Å². The fourth-order valence-corrected chi connectivity index (χ4v) is 5.32. The summed E-state index contributed by atoms with van der Waals surface area (Å²) >= 11 is 1.13. The lowest BCUT2D eigenvalue weighted by Gasteiger charge is -2.15. The summed E-state index contributed by atoms with van der Waals surface area (Å²) in [7, 11) is 4.55. The van der Waals surface area contributed by atoms with Crippen LogP contribution in [0.15, 0.2) is 42.5 Å². The second-order valence-electron chi connectivity index (χ2n) is 8.31. The van der Waals surface area contributed by atoms with Gasteiger partial charge in [0.15, 0.2) is 23.0 Å². The molecule has 0 aliphatic carbocycles. The lowest BCUT2D eigenvalue weighted by molar-refractivity contribution is 0.0687. The molecule has 0 spiro atoms. The first kappa shape index (κ1) is 22.9. The van der Waals surface area contributed by atoms with E-state index in [9.17, 15) is 9.90 Å². The Morgan fingerprint density at radius 2 is 1.76 bits per heavy atom. The minimum atomic E-state index is -1.10. The summed E-state index contributed by atoms with van der Waals surface area (Å²) < 4.78 is 38.4. The van der Waals surface area contributed by atoms with Crippen molar-refractivity contribution in [3.8, 4) is 39.9 Å². The summed E-state index contributed by atoms with van der Waals surface area (Å²) in [6.07, 6.45) is 0. The summed E-state index contributed by atoms with van der Waals surface area (Å²) in [6, 6.07) is 12.8. The maximum Gasteiger partial charge on any atom is 0.353 e. The van der Waals surface area contributed by atoms with E-state index < -0.39 is 5.97 Å². The Labute approximate surface area is 214 Å². The minimum Gasteiger partial charge on any atom is -0.493 e. The molecule has 0 saturated heterocycles. The molecule has 0 atom stereocenters. The van der Waals surface area contributed by atoms with Gasteiger partial charge < -0.3 is 33.4 Å². The molecule has 1 aliphatic heterocycles. The van der Waals surface area contributed by atoms with Gasteiger partial charge in [-0.05, 0) is 35.4 Å². The number of methoxy groups -OCH3 is 3. The zero-order valence-corrected chi connectivity index (χ0v) is 20.9. The first-order valence-corrected chi connectivity index (χ1v) is 12.0. The van der Waals surface area contributed by atoms with E-state index in [4.69, 9.17) is 23.7 Å². The maximum absolute atomic E-state index is 12.9. The molecule has 0 saturated carbocycles. The number of nitrogens with zero attached hydrogens (tertiary/aromatic N) is 3. The van der Waals surface area contributed by atoms with E-state index in [1.807, 2.05) is 24.3 Å².